The lowest BCUT2D eigenvalue weighted by Crippen LogP contribution is -2.42. The molecule has 0 spiro atoms. The van der Waals surface area contributed by atoms with E-state index in [2.05, 4.69) is 5.32 Å². The summed E-state index contributed by atoms with van der Waals surface area (Å²) >= 11 is 5.69. The lowest BCUT2D eigenvalue weighted by molar-refractivity contribution is -0.141. The first kappa shape index (κ1) is 14.5. The number of hydrogen-bond acceptors (Lipinski definition) is 3. The van der Waals surface area contributed by atoms with Crippen LogP contribution in [0.5, 0.6) is 0 Å². The monoisotopic (exact) mass is 271 g/mol. The highest BCUT2D eigenvalue weighted by molar-refractivity contribution is 6.30. The van der Waals surface area contributed by atoms with Gasteiger partial charge in [0.25, 0.3) is 5.91 Å². The molecular weight excluding hydrogens is 258 g/mol. The number of nitrogens with one attached hydrogen (secondary N) is 1. The van der Waals surface area contributed by atoms with Crippen molar-refractivity contribution in [3.05, 3.63) is 34.9 Å². The van der Waals surface area contributed by atoms with Gasteiger partial charge in [-0.05, 0) is 31.2 Å². The van der Waals surface area contributed by atoms with Gasteiger partial charge < -0.3 is 15.5 Å². The second-order valence-corrected chi connectivity index (χ2v) is 4.69. The summed E-state index contributed by atoms with van der Waals surface area (Å²) in [6.45, 7) is 1.21. The lowest BCUT2D eigenvalue weighted by Gasteiger charge is -2.21. The molecule has 0 saturated heterocycles. The van der Waals surface area contributed by atoms with Crippen LogP contribution in [0.1, 0.15) is 23.7 Å². The third-order valence-corrected chi connectivity index (χ3v) is 2.52. The highest BCUT2D eigenvalue weighted by Gasteiger charge is 2.24. The second kappa shape index (κ2) is 5.84. The van der Waals surface area contributed by atoms with Gasteiger partial charge in [-0.25, -0.2) is 0 Å². The number of rotatable bonds is 5. The molecule has 0 fully saturated rings. The first-order chi connectivity index (χ1) is 8.30. The van der Waals surface area contributed by atoms with E-state index in [-0.39, 0.29) is 6.54 Å². The van der Waals surface area contributed by atoms with Crippen molar-refractivity contribution in [2.45, 2.75) is 18.9 Å². The number of carboxylic acid groups (broad SMARTS) is 1. The predicted molar refractivity (Wildman–Crippen MR) is 66.7 cm³/mol. The van der Waals surface area contributed by atoms with Crippen molar-refractivity contribution < 1.29 is 19.8 Å². The Balaban J connectivity index is 2.55. The van der Waals surface area contributed by atoms with Gasteiger partial charge in [-0.3, -0.25) is 9.59 Å². The fraction of sp³-hybridized carbons (Fsp3) is 0.333. The quantitative estimate of drug-likeness (QED) is 0.753. The molecule has 0 bridgehead atoms. The average Bonchev–Trinajstić information content (AvgIpc) is 2.25. The van der Waals surface area contributed by atoms with Crippen LogP contribution in [-0.4, -0.2) is 34.2 Å². The summed E-state index contributed by atoms with van der Waals surface area (Å²) in [5, 5.41) is 21.3. The number of amides is 1. The van der Waals surface area contributed by atoms with Crippen LogP contribution < -0.4 is 5.32 Å². The Morgan fingerprint density at radius 1 is 1.33 bits per heavy atom. The molecule has 1 aromatic carbocycles. The molecule has 1 amide bonds. The predicted octanol–water partition coefficient (Wildman–Crippen LogP) is 1.30. The molecular formula is C12H14ClNO4. The van der Waals surface area contributed by atoms with Gasteiger partial charge in [0.05, 0.1) is 12.0 Å². The molecule has 6 heteroatoms. The van der Waals surface area contributed by atoms with Gasteiger partial charge in [0.2, 0.25) is 0 Å². The molecule has 3 N–H and O–H groups in total. The molecule has 0 aromatic heterocycles. The molecule has 1 rings (SSSR count). The summed E-state index contributed by atoms with van der Waals surface area (Å²) in [5.74, 6) is -1.52. The van der Waals surface area contributed by atoms with E-state index in [0.29, 0.717) is 10.6 Å². The van der Waals surface area contributed by atoms with E-state index in [1.165, 1.54) is 6.92 Å². The molecule has 18 heavy (non-hydrogen) atoms. The van der Waals surface area contributed by atoms with E-state index in [1.54, 1.807) is 24.3 Å². The van der Waals surface area contributed by atoms with E-state index in [9.17, 15) is 14.7 Å². The third-order valence-electron chi connectivity index (χ3n) is 2.27. The molecule has 0 aliphatic rings. The van der Waals surface area contributed by atoms with Gasteiger partial charge in [0.1, 0.15) is 0 Å². The van der Waals surface area contributed by atoms with Gasteiger partial charge >= 0.3 is 5.97 Å². The first-order valence-corrected chi connectivity index (χ1v) is 5.66. The van der Waals surface area contributed by atoms with Crippen molar-refractivity contribution in [3.8, 4) is 0 Å². The third kappa shape index (κ3) is 4.73. The number of benzene rings is 1. The topological polar surface area (TPSA) is 86.6 Å². The SMILES string of the molecule is CC(O)(CNC(=O)c1ccc(Cl)cc1)CC(=O)O. The van der Waals surface area contributed by atoms with E-state index in [4.69, 9.17) is 16.7 Å². The molecule has 98 valence electrons. The number of carbonyl (C=O) groups excluding carboxylic acids is 1. The van der Waals surface area contributed by atoms with Crippen molar-refractivity contribution >= 4 is 23.5 Å². The Bertz CT molecular complexity index is 442. The largest absolute Gasteiger partial charge is 0.481 e. The van der Waals surface area contributed by atoms with Gasteiger partial charge in [-0.2, -0.15) is 0 Å². The maximum atomic E-state index is 11.7. The number of aliphatic hydroxyl groups is 1. The summed E-state index contributed by atoms with van der Waals surface area (Å²) in [6, 6.07) is 6.24. The molecule has 5 nitrogen and oxygen atoms in total. The van der Waals surface area contributed by atoms with Gasteiger partial charge in [0.15, 0.2) is 0 Å². The van der Waals surface area contributed by atoms with Crippen LogP contribution >= 0.6 is 11.6 Å². The van der Waals surface area contributed by atoms with Crippen molar-refractivity contribution in [2.24, 2.45) is 0 Å². The zero-order valence-corrected chi connectivity index (χ0v) is 10.6. The van der Waals surface area contributed by atoms with Crippen LogP contribution in [0.3, 0.4) is 0 Å². The normalized spacial score (nSPS) is 13.7. The summed E-state index contributed by atoms with van der Waals surface area (Å²) in [7, 11) is 0. The Hall–Kier alpha value is -1.59. The Labute approximate surface area is 109 Å². The van der Waals surface area contributed by atoms with Gasteiger partial charge in [-0.15, -0.1) is 0 Å². The maximum Gasteiger partial charge on any atom is 0.306 e. The molecule has 0 aliphatic carbocycles. The van der Waals surface area contributed by atoms with Crippen molar-refractivity contribution in [3.63, 3.8) is 0 Å². The highest BCUT2D eigenvalue weighted by atomic mass is 35.5. The number of halogens is 1. The average molecular weight is 272 g/mol. The van der Waals surface area contributed by atoms with Crippen LogP contribution in [0.15, 0.2) is 24.3 Å². The highest BCUT2D eigenvalue weighted by Crippen LogP contribution is 2.11. The van der Waals surface area contributed by atoms with Crippen LogP contribution in [0.25, 0.3) is 0 Å². The lowest BCUT2D eigenvalue weighted by atomic mass is 10.0. The number of carboxylic acids is 1. The van der Waals surface area contributed by atoms with E-state index < -0.39 is 23.9 Å². The second-order valence-electron chi connectivity index (χ2n) is 4.26. The fourth-order valence-electron chi connectivity index (χ4n) is 1.36. The van der Waals surface area contributed by atoms with Crippen molar-refractivity contribution in [2.75, 3.05) is 6.54 Å². The van der Waals surface area contributed by atoms with Crippen molar-refractivity contribution in [1.82, 2.24) is 5.32 Å². The summed E-state index contributed by atoms with van der Waals surface area (Å²) in [5.41, 5.74) is -1.08. The van der Waals surface area contributed by atoms with Crippen LogP contribution in [0.2, 0.25) is 5.02 Å². The van der Waals surface area contributed by atoms with E-state index >= 15 is 0 Å². The van der Waals surface area contributed by atoms with Gasteiger partial charge in [0, 0.05) is 17.1 Å². The molecule has 0 heterocycles. The molecule has 1 unspecified atom stereocenters. The fourth-order valence-corrected chi connectivity index (χ4v) is 1.49. The number of hydrogen-bond donors (Lipinski definition) is 3. The van der Waals surface area contributed by atoms with Crippen LogP contribution in [0, 0.1) is 0 Å². The number of carbonyl (C=O) groups is 2. The minimum absolute atomic E-state index is 0.138. The van der Waals surface area contributed by atoms with E-state index in [1.807, 2.05) is 0 Å². The summed E-state index contributed by atoms with van der Waals surface area (Å²) in [4.78, 5) is 22.2. The van der Waals surface area contributed by atoms with Crippen molar-refractivity contribution in [1.29, 1.82) is 0 Å². The van der Waals surface area contributed by atoms with Crippen LogP contribution in [-0.2, 0) is 4.79 Å². The molecule has 0 radical (unpaired) electrons. The molecule has 1 aromatic rings. The molecule has 0 aliphatic heterocycles. The smallest absolute Gasteiger partial charge is 0.306 e. The van der Waals surface area contributed by atoms with E-state index in [0.717, 1.165) is 0 Å². The minimum Gasteiger partial charge on any atom is -0.481 e. The van der Waals surface area contributed by atoms with Crippen LogP contribution in [0.4, 0.5) is 0 Å². The Morgan fingerprint density at radius 3 is 2.39 bits per heavy atom. The summed E-state index contributed by atoms with van der Waals surface area (Å²) in [6.07, 6.45) is -0.437. The number of aliphatic carboxylic acids is 1. The summed E-state index contributed by atoms with van der Waals surface area (Å²) < 4.78 is 0. The Morgan fingerprint density at radius 2 is 1.89 bits per heavy atom. The standard InChI is InChI=1S/C12H14ClNO4/c1-12(18,6-10(15)16)7-14-11(17)8-2-4-9(13)5-3-8/h2-5,18H,6-7H2,1H3,(H,14,17)(H,15,16). The zero-order chi connectivity index (χ0) is 13.8. The first-order valence-electron chi connectivity index (χ1n) is 5.28. The van der Waals surface area contributed by atoms with Gasteiger partial charge in [-0.1, -0.05) is 11.6 Å². The maximum absolute atomic E-state index is 11.7. The Kier molecular flexibility index (Phi) is 4.69. The molecule has 1 atom stereocenters. The minimum atomic E-state index is -1.48. The molecule has 0 saturated carbocycles. The zero-order valence-electron chi connectivity index (χ0n) is 9.81.